The summed E-state index contributed by atoms with van der Waals surface area (Å²) in [6.45, 7) is 5.59. The molecule has 1 aliphatic heterocycles. The second-order valence-corrected chi connectivity index (χ2v) is 6.13. The molecule has 0 saturated heterocycles. The van der Waals surface area contributed by atoms with Crippen molar-refractivity contribution in [2.24, 2.45) is 5.41 Å². The third-order valence-corrected chi connectivity index (χ3v) is 3.58. The van der Waals surface area contributed by atoms with Crippen LogP contribution in [0.25, 0.3) is 0 Å². The number of aryl methyl sites for hydroxylation is 1. The Kier molecular flexibility index (Phi) is 3.84. The van der Waals surface area contributed by atoms with Gasteiger partial charge in [0.1, 0.15) is 6.04 Å². The summed E-state index contributed by atoms with van der Waals surface area (Å²) >= 11 is 0. The summed E-state index contributed by atoms with van der Waals surface area (Å²) in [5.41, 5.74) is 1.39. The van der Waals surface area contributed by atoms with Gasteiger partial charge in [0.05, 0.1) is 7.11 Å². The van der Waals surface area contributed by atoms with Gasteiger partial charge in [0.15, 0.2) is 0 Å². The first-order valence-electron chi connectivity index (χ1n) is 6.85. The quantitative estimate of drug-likeness (QED) is 0.740. The summed E-state index contributed by atoms with van der Waals surface area (Å²) in [5, 5.41) is 0. The minimum atomic E-state index is -0.545. The van der Waals surface area contributed by atoms with Crippen LogP contribution < -0.4 is 4.90 Å². The SMILES string of the molecule is COC(=O)C1CCc2ccccc2N1C(=O)C(C)(C)C. The zero-order chi connectivity index (χ0) is 14.9. The molecule has 0 aliphatic carbocycles. The van der Waals surface area contributed by atoms with E-state index in [9.17, 15) is 9.59 Å². The van der Waals surface area contributed by atoms with E-state index >= 15 is 0 Å². The number of anilines is 1. The molecule has 0 radical (unpaired) electrons. The first-order chi connectivity index (χ1) is 9.36. The smallest absolute Gasteiger partial charge is 0.328 e. The van der Waals surface area contributed by atoms with Crippen LogP contribution in [0.4, 0.5) is 5.69 Å². The fraction of sp³-hybridized carbons (Fsp3) is 0.500. The van der Waals surface area contributed by atoms with Crippen molar-refractivity contribution in [1.82, 2.24) is 0 Å². The van der Waals surface area contributed by atoms with E-state index in [1.54, 1.807) is 4.90 Å². The number of esters is 1. The van der Waals surface area contributed by atoms with Gasteiger partial charge < -0.3 is 4.74 Å². The van der Waals surface area contributed by atoms with E-state index in [-0.39, 0.29) is 11.9 Å². The lowest BCUT2D eigenvalue weighted by Crippen LogP contribution is -2.52. The second-order valence-electron chi connectivity index (χ2n) is 6.13. The summed E-state index contributed by atoms with van der Waals surface area (Å²) in [6, 6.07) is 7.22. The fourth-order valence-electron chi connectivity index (χ4n) is 2.52. The standard InChI is InChI=1S/C16H21NO3/c1-16(2,3)15(19)17-12-8-6-5-7-11(12)9-10-13(17)14(18)20-4/h5-8,13H,9-10H2,1-4H3. The molecule has 4 nitrogen and oxygen atoms in total. The van der Waals surface area contributed by atoms with Crippen LogP contribution in [0.15, 0.2) is 24.3 Å². The van der Waals surface area contributed by atoms with Gasteiger partial charge in [-0.15, -0.1) is 0 Å². The monoisotopic (exact) mass is 275 g/mol. The average Bonchev–Trinajstić information content (AvgIpc) is 2.43. The number of fused-ring (bicyclic) bond motifs is 1. The van der Waals surface area contributed by atoms with Crippen molar-refractivity contribution in [3.05, 3.63) is 29.8 Å². The largest absolute Gasteiger partial charge is 0.467 e. The highest BCUT2D eigenvalue weighted by Crippen LogP contribution is 2.34. The molecule has 0 fully saturated rings. The highest BCUT2D eigenvalue weighted by Gasteiger charge is 2.40. The molecule has 1 aliphatic rings. The minimum Gasteiger partial charge on any atom is -0.467 e. The zero-order valence-electron chi connectivity index (χ0n) is 12.5. The normalized spacial score (nSPS) is 18.4. The Hall–Kier alpha value is -1.84. The molecular formula is C16H21NO3. The molecular weight excluding hydrogens is 254 g/mol. The average molecular weight is 275 g/mol. The molecule has 0 spiro atoms. The van der Waals surface area contributed by atoms with Crippen LogP contribution in [0.2, 0.25) is 0 Å². The summed E-state index contributed by atoms with van der Waals surface area (Å²) in [7, 11) is 1.36. The Morgan fingerprint density at radius 1 is 1.25 bits per heavy atom. The molecule has 4 heteroatoms. The lowest BCUT2D eigenvalue weighted by atomic mass is 9.89. The van der Waals surface area contributed by atoms with Gasteiger partial charge in [0.25, 0.3) is 0 Å². The van der Waals surface area contributed by atoms with Crippen LogP contribution in [0, 0.1) is 5.41 Å². The Bertz CT molecular complexity index is 531. The number of amides is 1. The van der Waals surface area contributed by atoms with Crippen molar-refractivity contribution in [2.75, 3.05) is 12.0 Å². The fourth-order valence-corrected chi connectivity index (χ4v) is 2.52. The van der Waals surface area contributed by atoms with Gasteiger partial charge in [-0.3, -0.25) is 9.69 Å². The molecule has 1 amide bonds. The Labute approximate surface area is 119 Å². The highest BCUT2D eigenvalue weighted by molar-refractivity contribution is 6.03. The second kappa shape index (κ2) is 5.27. The highest BCUT2D eigenvalue weighted by atomic mass is 16.5. The molecule has 108 valence electrons. The van der Waals surface area contributed by atoms with Gasteiger partial charge in [0, 0.05) is 11.1 Å². The van der Waals surface area contributed by atoms with Crippen molar-refractivity contribution in [3.8, 4) is 0 Å². The molecule has 1 aromatic rings. The number of nitrogens with zero attached hydrogens (tertiary/aromatic N) is 1. The van der Waals surface area contributed by atoms with E-state index in [2.05, 4.69) is 0 Å². The predicted molar refractivity (Wildman–Crippen MR) is 77.5 cm³/mol. The molecule has 1 heterocycles. The molecule has 0 N–H and O–H groups in total. The molecule has 2 rings (SSSR count). The van der Waals surface area contributed by atoms with Crippen molar-refractivity contribution < 1.29 is 14.3 Å². The summed E-state index contributed by atoms with van der Waals surface area (Å²) in [4.78, 5) is 26.3. The predicted octanol–water partition coefficient (Wildman–Crippen LogP) is 2.55. The molecule has 20 heavy (non-hydrogen) atoms. The number of ether oxygens (including phenoxy) is 1. The van der Waals surface area contributed by atoms with E-state index < -0.39 is 11.5 Å². The number of hydrogen-bond donors (Lipinski definition) is 0. The Morgan fingerprint density at radius 3 is 2.50 bits per heavy atom. The van der Waals surface area contributed by atoms with Crippen molar-refractivity contribution in [3.63, 3.8) is 0 Å². The van der Waals surface area contributed by atoms with Gasteiger partial charge in [-0.1, -0.05) is 39.0 Å². The van der Waals surface area contributed by atoms with E-state index in [4.69, 9.17) is 4.74 Å². The third kappa shape index (κ3) is 2.55. The van der Waals surface area contributed by atoms with Crippen molar-refractivity contribution >= 4 is 17.6 Å². The summed E-state index contributed by atoms with van der Waals surface area (Å²) < 4.78 is 4.86. The van der Waals surface area contributed by atoms with Crippen LogP contribution in [-0.4, -0.2) is 25.0 Å². The number of carbonyl (C=O) groups is 2. The van der Waals surface area contributed by atoms with E-state index in [0.717, 1.165) is 17.7 Å². The minimum absolute atomic E-state index is 0.0555. The van der Waals surface area contributed by atoms with E-state index in [1.807, 2.05) is 45.0 Å². The van der Waals surface area contributed by atoms with Gasteiger partial charge in [-0.2, -0.15) is 0 Å². The number of carbonyl (C=O) groups excluding carboxylic acids is 2. The van der Waals surface area contributed by atoms with Crippen molar-refractivity contribution in [1.29, 1.82) is 0 Å². The van der Waals surface area contributed by atoms with Gasteiger partial charge in [-0.25, -0.2) is 4.79 Å². The maximum Gasteiger partial charge on any atom is 0.328 e. The third-order valence-electron chi connectivity index (χ3n) is 3.58. The molecule has 1 atom stereocenters. The van der Waals surface area contributed by atoms with Crippen LogP contribution in [0.3, 0.4) is 0 Å². The topological polar surface area (TPSA) is 46.6 Å². The first-order valence-corrected chi connectivity index (χ1v) is 6.85. The number of rotatable bonds is 1. The van der Waals surface area contributed by atoms with Crippen LogP contribution in [0.5, 0.6) is 0 Å². The van der Waals surface area contributed by atoms with E-state index in [1.165, 1.54) is 7.11 Å². The molecule has 0 aromatic heterocycles. The van der Waals surface area contributed by atoms with Crippen LogP contribution in [0.1, 0.15) is 32.8 Å². The Balaban J connectivity index is 2.49. The lowest BCUT2D eigenvalue weighted by Gasteiger charge is -2.38. The summed E-state index contributed by atoms with van der Waals surface area (Å²) in [5.74, 6) is -0.405. The van der Waals surface area contributed by atoms with E-state index in [0.29, 0.717) is 6.42 Å². The Morgan fingerprint density at radius 2 is 1.90 bits per heavy atom. The van der Waals surface area contributed by atoms with Crippen LogP contribution in [-0.2, 0) is 20.7 Å². The molecule has 1 unspecified atom stereocenters. The zero-order valence-corrected chi connectivity index (χ0v) is 12.5. The van der Waals surface area contributed by atoms with Gasteiger partial charge in [0.2, 0.25) is 5.91 Å². The molecule has 0 saturated carbocycles. The number of para-hydroxylation sites is 1. The number of methoxy groups -OCH3 is 1. The van der Waals surface area contributed by atoms with Gasteiger partial charge >= 0.3 is 5.97 Å². The number of hydrogen-bond acceptors (Lipinski definition) is 3. The van der Waals surface area contributed by atoms with Gasteiger partial charge in [-0.05, 0) is 24.5 Å². The maximum absolute atomic E-state index is 12.7. The first kappa shape index (κ1) is 14.6. The summed E-state index contributed by atoms with van der Waals surface area (Å²) in [6.07, 6.45) is 1.38. The van der Waals surface area contributed by atoms with Crippen LogP contribution >= 0.6 is 0 Å². The lowest BCUT2D eigenvalue weighted by molar-refractivity contribution is -0.144. The maximum atomic E-state index is 12.7. The molecule has 1 aromatic carbocycles. The molecule has 0 bridgehead atoms. The van der Waals surface area contributed by atoms with Crippen molar-refractivity contribution in [2.45, 2.75) is 39.7 Å². The number of benzene rings is 1.